The van der Waals surface area contributed by atoms with Crippen LogP contribution in [-0.4, -0.2) is 31.6 Å². The second-order valence-corrected chi connectivity index (χ2v) is 8.27. The molecule has 1 fully saturated rings. The summed E-state index contributed by atoms with van der Waals surface area (Å²) in [4.78, 5) is 13.9. The third-order valence-corrected chi connectivity index (χ3v) is 5.63. The molecule has 1 aliphatic carbocycles. The maximum absolute atomic E-state index is 13.6. The van der Waals surface area contributed by atoms with Gasteiger partial charge >= 0.3 is 0 Å². The zero-order valence-corrected chi connectivity index (χ0v) is 17.4. The van der Waals surface area contributed by atoms with E-state index in [2.05, 4.69) is 34.4 Å². The molecule has 160 valence electrons. The van der Waals surface area contributed by atoms with Crippen molar-refractivity contribution in [2.75, 3.05) is 16.4 Å². The van der Waals surface area contributed by atoms with Crippen LogP contribution in [0.25, 0.3) is 11.2 Å². The zero-order chi connectivity index (χ0) is 21.3. The number of anilines is 3. The summed E-state index contributed by atoms with van der Waals surface area (Å²) in [6, 6.07) is 5.13. The molecule has 0 amide bonds. The fourth-order valence-electron chi connectivity index (χ4n) is 3.83. The van der Waals surface area contributed by atoms with E-state index in [1.54, 1.807) is 12.4 Å². The summed E-state index contributed by atoms with van der Waals surface area (Å²) in [5.41, 5.74) is 14.6. The monoisotopic (exact) mass is 412 g/mol. The molecule has 1 aromatic carbocycles. The Kier molecular flexibility index (Phi) is 5.72. The summed E-state index contributed by atoms with van der Waals surface area (Å²) in [7, 11) is 0. The molecule has 30 heavy (non-hydrogen) atoms. The molecule has 9 heteroatoms. The van der Waals surface area contributed by atoms with Crippen LogP contribution in [0.4, 0.5) is 21.8 Å². The van der Waals surface area contributed by atoms with Crippen molar-refractivity contribution in [3.8, 4) is 0 Å². The molecule has 0 aliphatic heterocycles. The van der Waals surface area contributed by atoms with E-state index in [1.807, 2.05) is 4.57 Å². The first-order valence-electron chi connectivity index (χ1n) is 10.4. The van der Waals surface area contributed by atoms with Crippen LogP contribution in [0, 0.1) is 5.82 Å². The predicted octanol–water partition coefficient (Wildman–Crippen LogP) is 3.42. The number of benzene rings is 1. The van der Waals surface area contributed by atoms with E-state index in [1.165, 1.54) is 12.1 Å². The minimum atomic E-state index is -0.323. The highest BCUT2D eigenvalue weighted by Crippen LogP contribution is 2.26. The van der Waals surface area contributed by atoms with Crippen LogP contribution in [0.15, 0.2) is 24.5 Å². The van der Waals surface area contributed by atoms with Crippen LogP contribution >= 0.6 is 0 Å². The van der Waals surface area contributed by atoms with Crippen molar-refractivity contribution in [3.05, 3.63) is 35.9 Å². The van der Waals surface area contributed by atoms with Gasteiger partial charge in [0, 0.05) is 30.4 Å². The van der Waals surface area contributed by atoms with Gasteiger partial charge in [-0.05, 0) is 63.3 Å². The molecular formula is C21H29FN8. The molecule has 0 unspecified atom stereocenters. The van der Waals surface area contributed by atoms with E-state index < -0.39 is 0 Å². The quantitative estimate of drug-likeness (QED) is 0.458. The highest BCUT2D eigenvalue weighted by Gasteiger charge is 2.21. The molecule has 0 saturated heterocycles. The van der Waals surface area contributed by atoms with Crippen LogP contribution in [0.1, 0.15) is 51.1 Å². The largest absolute Gasteiger partial charge is 0.398 e. The molecule has 1 saturated carbocycles. The number of hydrogen-bond donors (Lipinski definition) is 4. The Morgan fingerprint density at radius 1 is 1.20 bits per heavy atom. The Bertz CT molecular complexity index is 1020. The molecule has 0 bridgehead atoms. The van der Waals surface area contributed by atoms with E-state index in [4.69, 9.17) is 16.5 Å². The van der Waals surface area contributed by atoms with Crippen molar-refractivity contribution >= 4 is 28.6 Å². The molecular weight excluding hydrogens is 383 g/mol. The van der Waals surface area contributed by atoms with Gasteiger partial charge in [0.15, 0.2) is 17.0 Å². The second kappa shape index (κ2) is 8.43. The van der Waals surface area contributed by atoms with Gasteiger partial charge in [-0.25, -0.2) is 9.37 Å². The van der Waals surface area contributed by atoms with Crippen LogP contribution in [0.2, 0.25) is 0 Å². The zero-order valence-electron chi connectivity index (χ0n) is 17.4. The Labute approximate surface area is 175 Å². The van der Waals surface area contributed by atoms with Gasteiger partial charge in [-0.1, -0.05) is 0 Å². The summed E-state index contributed by atoms with van der Waals surface area (Å²) < 4.78 is 15.6. The minimum absolute atomic E-state index is 0.206. The number of hydrogen-bond acceptors (Lipinski definition) is 7. The number of rotatable bonds is 6. The lowest BCUT2D eigenvalue weighted by molar-refractivity contribution is 0.410. The van der Waals surface area contributed by atoms with Gasteiger partial charge in [-0.2, -0.15) is 9.97 Å². The summed E-state index contributed by atoms with van der Waals surface area (Å²) in [5.74, 6) is 0.828. The lowest BCUT2D eigenvalue weighted by Gasteiger charge is -2.27. The van der Waals surface area contributed by atoms with Crippen molar-refractivity contribution < 1.29 is 4.39 Å². The molecule has 6 N–H and O–H groups in total. The third kappa shape index (κ3) is 4.30. The molecule has 2 aromatic heterocycles. The van der Waals surface area contributed by atoms with Gasteiger partial charge in [-0.3, -0.25) is 0 Å². The number of fused-ring (bicyclic) bond motifs is 1. The van der Waals surface area contributed by atoms with E-state index in [0.29, 0.717) is 41.1 Å². The average Bonchev–Trinajstić information content (AvgIpc) is 3.14. The number of nitrogens with one attached hydrogen (secondary N) is 2. The van der Waals surface area contributed by atoms with Crippen LogP contribution < -0.4 is 22.1 Å². The van der Waals surface area contributed by atoms with Gasteiger partial charge < -0.3 is 26.7 Å². The number of imidazole rings is 1. The van der Waals surface area contributed by atoms with Crippen LogP contribution in [-0.2, 0) is 6.54 Å². The topological polar surface area (TPSA) is 120 Å². The first-order valence-corrected chi connectivity index (χ1v) is 10.4. The summed E-state index contributed by atoms with van der Waals surface area (Å²) in [6.45, 7) is 4.50. The number of halogens is 1. The van der Waals surface area contributed by atoms with Crippen molar-refractivity contribution in [1.82, 2.24) is 19.5 Å². The van der Waals surface area contributed by atoms with E-state index in [0.717, 1.165) is 31.3 Å². The van der Waals surface area contributed by atoms with Crippen LogP contribution in [0.5, 0.6) is 0 Å². The highest BCUT2D eigenvalue weighted by atomic mass is 19.1. The second-order valence-electron chi connectivity index (χ2n) is 8.27. The SMILES string of the molecule is CC(C)n1cnc2c(NCc3cc(F)ccc3N)nc(NC3CCC(N)CC3)nc21. The molecule has 0 atom stereocenters. The molecule has 1 aliphatic rings. The van der Waals surface area contributed by atoms with Gasteiger partial charge in [0.2, 0.25) is 5.95 Å². The number of nitrogens with zero attached hydrogens (tertiary/aromatic N) is 4. The fraction of sp³-hybridized carbons (Fsp3) is 0.476. The van der Waals surface area contributed by atoms with E-state index in [-0.39, 0.29) is 17.9 Å². The fourth-order valence-corrected chi connectivity index (χ4v) is 3.83. The normalized spacial score (nSPS) is 19.4. The predicted molar refractivity (Wildman–Crippen MR) is 118 cm³/mol. The third-order valence-electron chi connectivity index (χ3n) is 5.63. The standard InChI is InChI=1S/C21H29FN8/c1-12(2)30-11-26-18-19(25-10-13-9-14(22)3-8-17(13)24)28-21(29-20(18)30)27-16-6-4-15(23)5-7-16/h3,8-9,11-12,15-16H,4-7,10,23-24H2,1-2H3,(H2,25,27,28,29). The van der Waals surface area contributed by atoms with Crippen molar-refractivity contribution in [2.24, 2.45) is 5.73 Å². The van der Waals surface area contributed by atoms with Gasteiger partial charge in [0.1, 0.15) is 5.82 Å². The van der Waals surface area contributed by atoms with Gasteiger partial charge in [0.25, 0.3) is 0 Å². The number of nitrogen functional groups attached to an aromatic ring is 1. The smallest absolute Gasteiger partial charge is 0.227 e. The Hall–Kier alpha value is -2.94. The lowest BCUT2D eigenvalue weighted by Crippen LogP contribution is -2.33. The van der Waals surface area contributed by atoms with Gasteiger partial charge in [-0.15, -0.1) is 0 Å². The van der Waals surface area contributed by atoms with Crippen LogP contribution in [0.3, 0.4) is 0 Å². The van der Waals surface area contributed by atoms with Gasteiger partial charge in [0.05, 0.1) is 6.33 Å². The first kappa shape index (κ1) is 20.3. The lowest BCUT2D eigenvalue weighted by atomic mass is 9.92. The Morgan fingerprint density at radius 2 is 1.97 bits per heavy atom. The Morgan fingerprint density at radius 3 is 2.70 bits per heavy atom. The van der Waals surface area contributed by atoms with E-state index in [9.17, 15) is 4.39 Å². The maximum atomic E-state index is 13.6. The number of aromatic nitrogens is 4. The molecule has 0 spiro atoms. The summed E-state index contributed by atoms with van der Waals surface area (Å²) in [5, 5.41) is 6.74. The molecule has 8 nitrogen and oxygen atoms in total. The minimum Gasteiger partial charge on any atom is -0.398 e. The van der Waals surface area contributed by atoms with Crippen molar-refractivity contribution in [3.63, 3.8) is 0 Å². The van der Waals surface area contributed by atoms with Crippen molar-refractivity contribution in [1.29, 1.82) is 0 Å². The van der Waals surface area contributed by atoms with E-state index >= 15 is 0 Å². The van der Waals surface area contributed by atoms with Crippen molar-refractivity contribution in [2.45, 2.75) is 64.2 Å². The average molecular weight is 413 g/mol. The summed E-state index contributed by atoms with van der Waals surface area (Å²) in [6.07, 6.45) is 5.75. The molecule has 0 radical (unpaired) electrons. The number of nitrogens with two attached hydrogens (primary N) is 2. The molecule has 3 aromatic rings. The first-order chi connectivity index (χ1) is 14.4. The molecule has 2 heterocycles. The maximum Gasteiger partial charge on any atom is 0.227 e. The Balaban J connectivity index is 1.64. The summed E-state index contributed by atoms with van der Waals surface area (Å²) >= 11 is 0. The highest BCUT2D eigenvalue weighted by molar-refractivity contribution is 5.84. The molecule has 4 rings (SSSR count).